The van der Waals surface area contributed by atoms with Gasteiger partial charge in [0.1, 0.15) is 0 Å². The molecule has 0 N–H and O–H groups in total. The van der Waals surface area contributed by atoms with E-state index >= 15 is 0 Å². The topological polar surface area (TPSA) is 9.86 Å². The van der Waals surface area contributed by atoms with Gasteiger partial charge in [-0.15, -0.1) is 0 Å². The number of halogens is 1. The average molecular weight is 580 g/mol. The number of aryl methyl sites for hydroxylation is 2. The lowest BCUT2D eigenvalue weighted by Gasteiger charge is -2.09. The van der Waals surface area contributed by atoms with E-state index in [9.17, 15) is 0 Å². The van der Waals surface area contributed by atoms with Crippen LogP contribution in [0.1, 0.15) is 65.2 Å². The van der Waals surface area contributed by atoms with Gasteiger partial charge >= 0.3 is 0 Å². The Morgan fingerprint density at radius 1 is 0.487 bits per heavy atom. The zero-order valence-electron chi connectivity index (χ0n) is 23.3. The Labute approximate surface area is 240 Å². The standard InChI is InChI=1S/C36H39BrN2/c1-3-5-7-11-21-38-33-14-10-9-13-29(33)30-23-26(15-18-34(30)38)27-16-19-35-31(24-27)32-25-28(37)17-20-36(32)39(35)22-12-8-6-4-2/h9-10,13-20,23-25H,3-8,11-12,21-22H2,1-2H3. The molecule has 4 aromatic carbocycles. The van der Waals surface area contributed by atoms with Gasteiger partial charge in [0.15, 0.2) is 0 Å². The first kappa shape index (κ1) is 26.2. The summed E-state index contributed by atoms with van der Waals surface area (Å²) >= 11 is 3.73. The molecule has 0 saturated carbocycles. The van der Waals surface area contributed by atoms with E-state index < -0.39 is 0 Å². The van der Waals surface area contributed by atoms with Crippen LogP contribution >= 0.6 is 15.9 Å². The Balaban J connectivity index is 1.43. The summed E-state index contributed by atoms with van der Waals surface area (Å²) in [7, 11) is 0. The molecule has 0 unspecified atom stereocenters. The van der Waals surface area contributed by atoms with Crippen molar-refractivity contribution in [1.29, 1.82) is 0 Å². The fourth-order valence-electron chi connectivity index (χ4n) is 6.36. The van der Waals surface area contributed by atoms with Gasteiger partial charge in [-0.1, -0.05) is 98.6 Å². The van der Waals surface area contributed by atoms with E-state index in [1.165, 1.54) is 106 Å². The summed E-state index contributed by atoms with van der Waals surface area (Å²) in [5, 5.41) is 5.40. The second-order valence-corrected chi connectivity index (χ2v) is 12.0. The quantitative estimate of drug-likeness (QED) is 0.135. The van der Waals surface area contributed by atoms with E-state index in [0.29, 0.717) is 0 Å². The van der Waals surface area contributed by atoms with Gasteiger partial charge in [0, 0.05) is 61.2 Å². The maximum Gasteiger partial charge on any atom is 0.0492 e. The van der Waals surface area contributed by atoms with Crippen molar-refractivity contribution in [2.75, 3.05) is 0 Å². The molecule has 6 aromatic rings. The first-order chi connectivity index (χ1) is 19.2. The highest BCUT2D eigenvalue weighted by atomic mass is 79.9. The van der Waals surface area contributed by atoms with Crippen LogP contribution in [-0.4, -0.2) is 9.13 Å². The fraction of sp³-hybridized carbons (Fsp3) is 0.333. The van der Waals surface area contributed by atoms with Crippen molar-refractivity contribution in [2.24, 2.45) is 0 Å². The van der Waals surface area contributed by atoms with Crippen molar-refractivity contribution in [3.05, 3.63) is 83.3 Å². The van der Waals surface area contributed by atoms with Crippen molar-refractivity contribution in [3.8, 4) is 11.1 Å². The summed E-state index contributed by atoms with van der Waals surface area (Å²) in [5.41, 5.74) is 7.96. The largest absolute Gasteiger partial charge is 0.340 e. The first-order valence-electron chi connectivity index (χ1n) is 14.9. The zero-order chi connectivity index (χ0) is 26.8. The molecule has 0 saturated heterocycles. The third-order valence-corrected chi connectivity index (χ3v) is 8.90. The smallest absolute Gasteiger partial charge is 0.0492 e. The van der Waals surface area contributed by atoms with E-state index in [0.717, 1.165) is 17.6 Å². The zero-order valence-corrected chi connectivity index (χ0v) is 24.9. The second kappa shape index (κ2) is 11.6. The van der Waals surface area contributed by atoms with E-state index in [2.05, 4.69) is 118 Å². The molecule has 2 nitrogen and oxygen atoms in total. The minimum Gasteiger partial charge on any atom is -0.340 e. The average Bonchev–Trinajstić information content (AvgIpc) is 3.44. The Bertz CT molecular complexity index is 1750. The van der Waals surface area contributed by atoms with Crippen LogP contribution in [0.3, 0.4) is 0 Å². The molecule has 6 rings (SSSR count). The molecule has 0 atom stereocenters. The maximum atomic E-state index is 3.73. The molecule has 3 heteroatoms. The number of hydrogen-bond acceptors (Lipinski definition) is 0. The van der Waals surface area contributed by atoms with Gasteiger partial charge < -0.3 is 9.13 Å². The van der Waals surface area contributed by atoms with Gasteiger partial charge in [-0.3, -0.25) is 0 Å². The lowest BCUT2D eigenvalue weighted by molar-refractivity contribution is 0.602. The number of para-hydroxylation sites is 1. The summed E-state index contributed by atoms with van der Waals surface area (Å²) in [6.45, 7) is 6.72. The summed E-state index contributed by atoms with van der Waals surface area (Å²) in [6, 6.07) is 29.8. The monoisotopic (exact) mass is 578 g/mol. The predicted molar refractivity (Wildman–Crippen MR) is 174 cm³/mol. The number of fused-ring (bicyclic) bond motifs is 6. The molecule has 0 bridgehead atoms. The van der Waals surface area contributed by atoms with Crippen LogP contribution in [0.25, 0.3) is 54.7 Å². The molecule has 0 aliphatic carbocycles. The third-order valence-electron chi connectivity index (χ3n) is 8.40. The van der Waals surface area contributed by atoms with Crippen LogP contribution in [0.2, 0.25) is 0 Å². The van der Waals surface area contributed by atoms with E-state index in [-0.39, 0.29) is 0 Å². The van der Waals surface area contributed by atoms with Crippen molar-refractivity contribution >= 4 is 59.5 Å². The minimum atomic E-state index is 1.07. The molecule has 0 fully saturated rings. The van der Waals surface area contributed by atoms with Crippen LogP contribution in [0.5, 0.6) is 0 Å². The summed E-state index contributed by atoms with van der Waals surface area (Å²) in [6.07, 6.45) is 10.2. The third kappa shape index (κ3) is 5.02. The molecule has 2 aromatic heterocycles. The number of unbranched alkanes of at least 4 members (excludes halogenated alkanes) is 6. The lowest BCUT2D eigenvalue weighted by Crippen LogP contribution is -1.98. The Morgan fingerprint density at radius 3 is 1.56 bits per heavy atom. The van der Waals surface area contributed by atoms with Crippen LogP contribution in [0.15, 0.2) is 83.3 Å². The van der Waals surface area contributed by atoms with Crippen molar-refractivity contribution in [3.63, 3.8) is 0 Å². The van der Waals surface area contributed by atoms with Crippen LogP contribution in [-0.2, 0) is 13.1 Å². The molecule has 200 valence electrons. The predicted octanol–water partition coefficient (Wildman–Crippen LogP) is 11.5. The van der Waals surface area contributed by atoms with Crippen LogP contribution < -0.4 is 0 Å². The minimum absolute atomic E-state index is 1.07. The lowest BCUT2D eigenvalue weighted by atomic mass is 10.0. The number of nitrogens with zero attached hydrogens (tertiary/aromatic N) is 2. The van der Waals surface area contributed by atoms with E-state index in [1.807, 2.05) is 0 Å². The van der Waals surface area contributed by atoms with Gasteiger partial charge in [0.2, 0.25) is 0 Å². The normalized spacial score (nSPS) is 12.0. The number of rotatable bonds is 11. The molecule has 0 aliphatic rings. The molecule has 0 aliphatic heterocycles. The highest BCUT2D eigenvalue weighted by molar-refractivity contribution is 9.10. The summed E-state index contributed by atoms with van der Waals surface area (Å²) < 4.78 is 6.21. The second-order valence-electron chi connectivity index (χ2n) is 11.1. The summed E-state index contributed by atoms with van der Waals surface area (Å²) in [5.74, 6) is 0. The van der Waals surface area contributed by atoms with Gasteiger partial charge in [0.05, 0.1) is 0 Å². The van der Waals surface area contributed by atoms with Crippen molar-refractivity contribution in [2.45, 2.75) is 78.3 Å². The Kier molecular flexibility index (Phi) is 7.79. The SMILES string of the molecule is CCCCCCn1c2ccccc2c2cc(-c3ccc4c(c3)c3cc(Br)ccc3n4CCCCCC)ccc21. The van der Waals surface area contributed by atoms with Crippen molar-refractivity contribution < 1.29 is 0 Å². The molecule has 39 heavy (non-hydrogen) atoms. The summed E-state index contributed by atoms with van der Waals surface area (Å²) in [4.78, 5) is 0. The molecule has 2 heterocycles. The Morgan fingerprint density at radius 2 is 0.974 bits per heavy atom. The van der Waals surface area contributed by atoms with E-state index in [4.69, 9.17) is 0 Å². The maximum absolute atomic E-state index is 3.73. The first-order valence-corrected chi connectivity index (χ1v) is 15.7. The van der Waals surface area contributed by atoms with Gasteiger partial charge in [0.25, 0.3) is 0 Å². The number of aromatic nitrogens is 2. The molecule has 0 spiro atoms. The van der Waals surface area contributed by atoms with Crippen LogP contribution in [0.4, 0.5) is 0 Å². The molecular weight excluding hydrogens is 540 g/mol. The number of hydrogen-bond donors (Lipinski definition) is 0. The highest BCUT2D eigenvalue weighted by Gasteiger charge is 2.14. The van der Waals surface area contributed by atoms with Gasteiger partial charge in [-0.25, -0.2) is 0 Å². The highest BCUT2D eigenvalue weighted by Crippen LogP contribution is 2.37. The van der Waals surface area contributed by atoms with Crippen molar-refractivity contribution in [1.82, 2.24) is 9.13 Å². The molecule has 0 radical (unpaired) electrons. The molecule has 0 amide bonds. The number of benzene rings is 4. The van der Waals surface area contributed by atoms with E-state index in [1.54, 1.807) is 0 Å². The van der Waals surface area contributed by atoms with Gasteiger partial charge in [-0.2, -0.15) is 0 Å². The molecular formula is C36H39BrN2. The van der Waals surface area contributed by atoms with Crippen LogP contribution in [0, 0.1) is 0 Å². The van der Waals surface area contributed by atoms with Gasteiger partial charge in [-0.05, 0) is 72.5 Å². The fourth-order valence-corrected chi connectivity index (χ4v) is 6.73. The Hall–Kier alpha value is -3.04.